The molecule has 2 rings (SSSR count). The second-order valence-corrected chi connectivity index (χ2v) is 3.93. The molecule has 6 nitrogen and oxygen atoms in total. The van der Waals surface area contributed by atoms with Crippen LogP contribution in [0.3, 0.4) is 0 Å². The van der Waals surface area contributed by atoms with Crippen molar-refractivity contribution in [3.05, 3.63) is 42.0 Å². The van der Waals surface area contributed by atoms with Gasteiger partial charge < -0.3 is 21.8 Å². The number of benzene rings is 1. The summed E-state index contributed by atoms with van der Waals surface area (Å²) in [4.78, 5) is 18.7. The molecule has 2 aromatic rings. The molecule has 0 aliphatic rings. The molecule has 0 atom stereocenters. The van der Waals surface area contributed by atoms with Gasteiger partial charge in [0.1, 0.15) is 0 Å². The highest BCUT2D eigenvalue weighted by Gasteiger charge is 2.09. The first-order valence-electron chi connectivity index (χ1n) is 5.57. The van der Waals surface area contributed by atoms with E-state index < -0.39 is 0 Å². The van der Waals surface area contributed by atoms with E-state index in [0.29, 0.717) is 29.9 Å². The molecule has 1 amide bonds. The first-order chi connectivity index (χ1) is 8.66. The number of carbonyl (C=O) groups is 1. The van der Waals surface area contributed by atoms with Crippen LogP contribution in [0.1, 0.15) is 16.1 Å². The Morgan fingerprint density at radius 3 is 2.89 bits per heavy atom. The Hall–Kier alpha value is -2.50. The molecule has 0 saturated heterocycles. The van der Waals surface area contributed by atoms with Crippen LogP contribution in [-0.4, -0.2) is 22.4 Å². The maximum atomic E-state index is 11.8. The molecular formula is C12H15N5O. The van der Waals surface area contributed by atoms with E-state index in [0.717, 1.165) is 5.69 Å². The number of anilines is 2. The number of carbonyl (C=O) groups excluding carboxylic acids is 1. The summed E-state index contributed by atoms with van der Waals surface area (Å²) in [5, 5.41) is 2.79. The van der Waals surface area contributed by atoms with Crippen molar-refractivity contribution in [3.8, 4) is 0 Å². The topological polar surface area (TPSA) is 110 Å². The lowest BCUT2D eigenvalue weighted by Crippen LogP contribution is -2.26. The molecule has 0 aliphatic carbocycles. The summed E-state index contributed by atoms with van der Waals surface area (Å²) < 4.78 is 0. The van der Waals surface area contributed by atoms with Crippen molar-refractivity contribution in [1.82, 2.24) is 15.3 Å². The predicted octanol–water partition coefficient (Wildman–Crippen LogP) is 0.547. The van der Waals surface area contributed by atoms with Crippen molar-refractivity contribution in [3.63, 3.8) is 0 Å². The number of nitrogens with zero attached hydrogens (tertiary/aromatic N) is 1. The molecule has 1 aromatic carbocycles. The van der Waals surface area contributed by atoms with Gasteiger partial charge in [-0.1, -0.05) is 0 Å². The number of aromatic amines is 1. The van der Waals surface area contributed by atoms with E-state index in [1.807, 2.05) is 0 Å². The molecular weight excluding hydrogens is 230 g/mol. The lowest BCUT2D eigenvalue weighted by Gasteiger charge is -2.07. The number of hydrogen-bond donors (Lipinski definition) is 4. The van der Waals surface area contributed by atoms with Gasteiger partial charge in [0.25, 0.3) is 5.91 Å². The Bertz CT molecular complexity index is 535. The third-order valence-corrected chi connectivity index (χ3v) is 2.55. The Morgan fingerprint density at radius 2 is 2.22 bits per heavy atom. The molecule has 6 N–H and O–H groups in total. The second kappa shape index (κ2) is 5.22. The maximum absolute atomic E-state index is 11.8. The molecule has 0 spiro atoms. The number of imidazole rings is 1. The molecule has 94 valence electrons. The summed E-state index contributed by atoms with van der Waals surface area (Å²) in [5.74, 6) is -0.202. The highest BCUT2D eigenvalue weighted by atomic mass is 16.1. The minimum Gasteiger partial charge on any atom is -0.399 e. The molecule has 1 aromatic heterocycles. The minimum atomic E-state index is -0.202. The summed E-state index contributed by atoms with van der Waals surface area (Å²) in [7, 11) is 0. The number of H-pyrrole nitrogens is 1. The average molecular weight is 245 g/mol. The van der Waals surface area contributed by atoms with E-state index >= 15 is 0 Å². The van der Waals surface area contributed by atoms with Gasteiger partial charge in [-0.05, 0) is 18.2 Å². The van der Waals surface area contributed by atoms with Crippen LogP contribution < -0.4 is 16.8 Å². The highest BCUT2D eigenvalue weighted by molar-refractivity contribution is 5.99. The van der Waals surface area contributed by atoms with Crippen LogP contribution in [0.2, 0.25) is 0 Å². The van der Waals surface area contributed by atoms with Crippen molar-refractivity contribution in [2.24, 2.45) is 0 Å². The van der Waals surface area contributed by atoms with Crippen molar-refractivity contribution < 1.29 is 4.79 Å². The summed E-state index contributed by atoms with van der Waals surface area (Å²) in [5.41, 5.74) is 13.6. The first kappa shape index (κ1) is 12.0. The van der Waals surface area contributed by atoms with Gasteiger partial charge in [0.05, 0.1) is 11.9 Å². The van der Waals surface area contributed by atoms with Crippen LogP contribution in [0.25, 0.3) is 0 Å². The smallest absolute Gasteiger partial charge is 0.253 e. The van der Waals surface area contributed by atoms with E-state index in [4.69, 9.17) is 11.5 Å². The van der Waals surface area contributed by atoms with Gasteiger partial charge in [-0.3, -0.25) is 4.79 Å². The zero-order chi connectivity index (χ0) is 13.0. The van der Waals surface area contributed by atoms with E-state index in [1.54, 1.807) is 30.7 Å². The lowest BCUT2D eigenvalue weighted by molar-refractivity contribution is 0.0955. The normalized spacial score (nSPS) is 10.2. The van der Waals surface area contributed by atoms with Crippen LogP contribution in [0.4, 0.5) is 11.4 Å². The second-order valence-electron chi connectivity index (χ2n) is 3.93. The Labute approximate surface area is 104 Å². The van der Waals surface area contributed by atoms with Gasteiger partial charge in [0.15, 0.2) is 0 Å². The Morgan fingerprint density at radius 1 is 1.39 bits per heavy atom. The SMILES string of the molecule is Nc1ccc(C(=O)NCCc2cnc[nH]2)c(N)c1. The molecule has 18 heavy (non-hydrogen) atoms. The fourth-order valence-electron chi connectivity index (χ4n) is 1.62. The number of hydrogen-bond acceptors (Lipinski definition) is 4. The van der Waals surface area contributed by atoms with Crippen molar-refractivity contribution in [2.45, 2.75) is 6.42 Å². The molecule has 0 unspecified atom stereocenters. The number of nitrogen functional groups attached to an aromatic ring is 2. The van der Waals surface area contributed by atoms with Gasteiger partial charge in [-0.2, -0.15) is 0 Å². The Kier molecular flexibility index (Phi) is 3.47. The zero-order valence-electron chi connectivity index (χ0n) is 9.81. The fraction of sp³-hybridized carbons (Fsp3) is 0.167. The highest BCUT2D eigenvalue weighted by Crippen LogP contribution is 2.15. The molecule has 0 radical (unpaired) electrons. The van der Waals surface area contributed by atoms with Gasteiger partial charge in [-0.25, -0.2) is 4.98 Å². The monoisotopic (exact) mass is 245 g/mol. The standard InChI is InChI=1S/C12H15N5O/c13-8-1-2-10(11(14)5-8)12(18)16-4-3-9-6-15-7-17-9/h1-2,5-7H,3-4,13-14H2,(H,15,17)(H,16,18). The van der Waals surface area contributed by atoms with E-state index in [2.05, 4.69) is 15.3 Å². The summed E-state index contributed by atoms with van der Waals surface area (Å²) in [6.07, 6.45) is 4.03. The van der Waals surface area contributed by atoms with Gasteiger partial charge in [0, 0.05) is 36.2 Å². The summed E-state index contributed by atoms with van der Waals surface area (Å²) in [6, 6.07) is 4.85. The molecule has 0 bridgehead atoms. The van der Waals surface area contributed by atoms with Crippen LogP contribution >= 0.6 is 0 Å². The minimum absolute atomic E-state index is 0.202. The Balaban J connectivity index is 1.91. The number of nitrogens with two attached hydrogens (primary N) is 2. The van der Waals surface area contributed by atoms with Gasteiger partial charge in [-0.15, -0.1) is 0 Å². The van der Waals surface area contributed by atoms with Crippen LogP contribution in [0.5, 0.6) is 0 Å². The number of rotatable bonds is 4. The zero-order valence-corrected chi connectivity index (χ0v) is 9.81. The first-order valence-corrected chi connectivity index (χ1v) is 5.57. The lowest BCUT2D eigenvalue weighted by atomic mass is 10.1. The number of aromatic nitrogens is 2. The van der Waals surface area contributed by atoms with Crippen LogP contribution in [0, 0.1) is 0 Å². The average Bonchev–Trinajstić information content (AvgIpc) is 2.81. The molecule has 0 saturated carbocycles. The largest absolute Gasteiger partial charge is 0.399 e. The van der Waals surface area contributed by atoms with Crippen molar-refractivity contribution in [1.29, 1.82) is 0 Å². The third-order valence-electron chi connectivity index (χ3n) is 2.55. The van der Waals surface area contributed by atoms with E-state index in [-0.39, 0.29) is 5.91 Å². The maximum Gasteiger partial charge on any atom is 0.253 e. The van der Waals surface area contributed by atoms with Gasteiger partial charge >= 0.3 is 0 Å². The quantitative estimate of drug-likeness (QED) is 0.589. The predicted molar refractivity (Wildman–Crippen MR) is 69.9 cm³/mol. The summed E-state index contributed by atoms with van der Waals surface area (Å²) >= 11 is 0. The summed E-state index contributed by atoms with van der Waals surface area (Å²) in [6.45, 7) is 0.519. The number of nitrogens with one attached hydrogen (secondary N) is 2. The van der Waals surface area contributed by atoms with Crippen LogP contribution in [-0.2, 0) is 6.42 Å². The molecule has 1 heterocycles. The van der Waals surface area contributed by atoms with E-state index in [1.165, 1.54) is 0 Å². The molecule has 6 heteroatoms. The molecule has 0 aliphatic heterocycles. The van der Waals surface area contributed by atoms with Crippen molar-refractivity contribution >= 4 is 17.3 Å². The van der Waals surface area contributed by atoms with Crippen molar-refractivity contribution in [2.75, 3.05) is 18.0 Å². The van der Waals surface area contributed by atoms with E-state index in [9.17, 15) is 4.79 Å². The molecule has 0 fully saturated rings. The van der Waals surface area contributed by atoms with Crippen LogP contribution in [0.15, 0.2) is 30.7 Å². The van der Waals surface area contributed by atoms with Gasteiger partial charge in [0.2, 0.25) is 0 Å². The number of amides is 1. The third kappa shape index (κ3) is 2.79. The fourth-order valence-corrected chi connectivity index (χ4v) is 1.62.